The highest BCUT2D eigenvalue weighted by molar-refractivity contribution is 5.89. The molecule has 2 N–H and O–H groups in total. The fraction of sp³-hybridized carbons (Fsp3) is 0.344. The SMILES string of the molecule is CCN(CCOC(=O)CCC(=O)N1C[C@@H](NC(=O)[C@@H]2CCCN2C(=O)OCC2c3ccccc3-c3ccccc32)[C@H](NC(=O)[C@@H]2CCCN2C(=O)OCC2c3ccccc3-c3ccccc32)C1)c1ccc(N=Nc2ccc([N+](=O)[O-])cc2)cc1. The Labute approximate surface area is 485 Å². The molecule has 3 heterocycles. The molecule has 20 heteroatoms. The topological polar surface area (TPSA) is 235 Å². The molecule has 0 spiro atoms. The molecule has 3 fully saturated rings. The van der Waals surface area contributed by atoms with Crippen LogP contribution in [0.4, 0.5) is 32.3 Å². The van der Waals surface area contributed by atoms with Crippen molar-refractivity contribution in [1.82, 2.24) is 25.3 Å². The van der Waals surface area contributed by atoms with Crippen molar-refractivity contribution in [2.75, 3.05) is 64.0 Å². The van der Waals surface area contributed by atoms with Crippen molar-refractivity contribution >= 4 is 58.6 Å². The minimum absolute atomic E-state index is 0.00561. The fourth-order valence-corrected chi connectivity index (χ4v) is 12.4. The van der Waals surface area contributed by atoms with Gasteiger partial charge in [-0.05, 0) is 114 Å². The molecule has 2 aliphatic carbocycles. The summed E-state index contributed by atoms with van der Waals surface area (Å²) >= 11 is 0. The molecule has 3 saturated heterocycles. The predicted octanol–water partition coefficient (Wildman–Crippen LogP) is 9.80. The van der Waals surface area contributed by atoms with E-state index in [1.54, 1.807) is 12.1 Å². The lowest BCUT2D eigenvalue weighted by molar-refractivity contribution is -0.384. The number of likely N-dealkylation sites (tertiary alicyclic amines) is 3. The number of fused-ring (bicyclic) bond motifs is 6. The van der Waals surface area contributed by atoms with Gasteiger partial charge in [0.1, 0.15) is 31.9 Å². The standard InChI is InChI=1S/C64H65N9O11/c1-2-69(43-27-23-41(24-28-43)67-68-42-25-29-44(30-26-42)73(80)81)35-36-82-60(75)32-31-59(74)70-37-55(65-61(76)57-21-11-33-71(57)63(78)83-39-53-49-17-7-3-13-45(49)46-14-4-8-18-50(46)53)56(38-70)66-62(77)58-22-12-34-72(58)64(79)84-40-54-51-19-9-5-15-47(51)48-16-6-10-20-52(48)54/h3-10,13-20,23-30,53-58H,2,11-12,21-22,31-40H2,1H3,(H,65,76)(H,66,77)/t55-,56-,57+,58+/m1/s1. The van der Waals surface area contributed by atoms with Crippen molar-refractivity contribution in [2.24, 2.45) is 10.2 Å². The summed E-state index contributed by atoms with van der Waals surface area (Å²) in [6.07, 6.45) is 0.269. The number of carbonyl (C=O) groups excluding carboxylic acids is 6. The van der Waals surface area contributed by atoms with Crippen LogP contribution in [0.15, 0.2) is 156 Å². The van der Waals surface area contributed by atoms with Crippen molar-refractivity contribution in [1.29, 1.82) is 0 Å². The number of nitrogens with one attached hydrogen (secondary N) is 2. The first kappa shape index (κ1) is 56.4. The van der Waals surface area contributed by atoms with Gasteiger partial charge in [-0.15, -0.1) is 0 Å². The van der Waals surface area contributed by atoms with Crippen LogP contribution in [0.25, 0.3) is 22.3 Å². The number of nitrogens with zero attached hydrogens (tertiary/aromatic N) is 7. The van der Waals surface area contributed by atoms with Crippen LogP contribution in [0, 0.1) is 10.1 Å². The summed E-state index contributed by atoms with van der Waals surface area (Å²) in [6.45, 7) is 3.79. The summed E-state index contributed by atoms with van der Waals surface area (Å²) in [5.41, 5.74) is 10.5. The highest BCUT2D eigenvalue weighted by Crippen LogP contribution is 2.46. The first-order valence-corrected chi connectivity index (χ1v) is 28.7. The molecular formula is C64H65N9O11. The second-order valence-electron chi connectivity index (χ2n) is 21.6. The average molecular weight is 1140 g/mol. The lowest BCUT2D eigenvalue weighted by Gasteiger charge is -2.29. The van der Waals surface area contributed by atoms with Crippen molar-refractivity contribution < 1.29 is 47.9 Å². The second-order valence-corrected chi connectivity index (χ2v) is 21.6. The van der Waals surface area contributed by atoms with Crippen LogP contribution in [-0.2, 0) is 33.4 Å². The zero-order chi connectivity index (χ0) is 58.3. The van der Waals surface area contributed by atoms with Crippen LogP contribution >= 0.6 is 0 Å². The minimum atomic E-state index is -0.869. The van der Waals surface area contributed by atoms with Crippen LogP contribution in [0.5, 0.6) is 0 Å². The summed E-state index contributed by atoms with van der Waals surface area (Å²) in [5, 5.41) is 25.5. The molecule has 0 aromatic heterocycles. The number of ether oxygens (including phenoxy) is 3. The molecular weight excluding hydrogens is 1070 g/mol. The maximum absolute atomic E-state index is 14.4. The smallest absolute Gasteiger partial charge is 0.410 e. The Morgan fingerprint density at radius 3 is 1.44 bits per heavy atom. The minimum Gasteiger partial charge on any atom is -0.464 e. The number of nitro benzene ring substituents is 1. The van der Waals surface area contributed by atoms with Gasteiger partial charge in [-0.25, -0.2) is 9.59 Å². The Kier molecular flexibility index (Phi) is 17.0. The van der Waals surface area contributed by atoms with E-state index in [9.17, 15) is 38.9 Å². The third-order valence-electron chi connectivity index (χ3n) is 16.7. The molecule has 4 atom stereocenters. The molecule has 3 aliphatic heterocycles. The maximum Gasteiger partial charge on any atom is 0.410 e. The number of anilines is 1. The largest absolute Gasteiger partial charge is 0.464 e. The first-order chi connectivity index (χ1) is 40.9. The summed E-state index contributed by atoms with van der Waals surface area (Å²) in [7, 11) is 0. The summed E-state index contributed by atoms with van der Waals surface area (Å²) in [5.74, 6) is -2.20. The number of azo groups is 1. The summed E-state index contributed by atoms with van der Waals surface area (Å²) < 4.78 is 17.6. The Hall–Kier alpha value is -9.46. The Morgan fingerprint density at radius 1 is 0.583 bits per heavy atom. The number of hydrogen-bond acceptors (Lipinski definition) is 14. The third kappa shape index (κ3) is 12.2. The van der Waals surface area contributed by atoms with Gasteiger partial charge in [0, 0.05) is 68.8 Å². The molecule has 5 aliphatic rings. The molecule has 84 heavy (non-hydrogen) atoms. The molecule has 0 unspecified atom stereocenters. The van der Waals surface area contributed by atoms with Gasteiger partial charge in [0.15, 0.2) is 0 Å². The number of amides is 5. The number of rotatable bonds is 19. The van der Waals surface area contributed by atoms with E-state index < -0.39 is 59.1 Å². The third-order valence-corrected chi connectivity index (χ3v) is 16.7. The zero-order valence-electron chi connectivity index (χ0n) is 46.5. The van der Waals surface area contributed by atoms with Gasteiger partial charge >= 0.3 is 18.2 Å². The molecule has 432 valence electrons. The van der Waals surface area contributed by atoms with Gasteiger partial charge < -0.3 is 34.6 Å². The Bertz CT molecular complexity index is 3240. The van der Waals surface area contributed by atoms with Crippen molar-refractivity contribution in [3.8, 4) is 22.3 Å². The van der Waals surface area contributed by atoms with E-state index in [-0.39, 0.29) is 69.2 Å². The lowest BCUT2D eigenvalue weighted by atomic mass is 9.98. The van der Waals surface area contributed by atoms with Crippen LogP contribution in [0.2, 0.25) is 0 Å². The normalized spacial score (nSPS) is 18.7. The average Bonchev–Trinajstić information content (AvgIpc) is 2.49. The molecule has 11 rings (SSSR count). The van der Waals surface area contributed by atoms with E-state index in [4.69, 9.17) is 14.2 Å². The molecule has 6 aromatic rings. The number of esters is 1. The molecule has 0 radical (unpaired) electrons. The van der Waals surface area contributed by atoms with Crippen LogP contribution in [0.1, 0.15) is 79.5 Å². The van der Waals surface area contributed by atoms with Gasteiger partial charge in [0.25, 0.3) is 5.69 Å². The van der Waals surface area contributed by atoms with Gasteiger partial charge in [-0.3, -0.25) is 39.1 Å². The molecule has 6 aromatic carbocycles. The Balaban J connectivity index is 0.710. The summed E-state index contributed by atoms with van der Waals surface area (Å²) in [6, 6.07) is 41.9. The van der Waals surface area contributed by atoms with Crippen LogP contribution < -0.4 is 15.5 Å². The number of carbonyl (C=O) groups is 6. The summed E-state index contributed by atoms with van der Waals surface area (Å²) in [4.78, 5) is 101. The highest BCUT2D eigenvalue weighted by Gasteiger charge is 2.44. The second kappa shape index (κ2) is 25.4. The van der Waals surface area contributed by atoms with E-state index in [0.717, 1.165) is 50.2 Å². The molecule has 0 bridgehead atoms. The van der Waals surface area contributed by atoms with E-state index >= 15 is 0 Å². The highest BCUT2D eigenvalue weighted by atomic mass is 16.6. The number of non-ortho nitro benzene ring substituents is 1. The molecule has 20 nitrogen and oxygen atoms in total. The van der Waals surface area contributed by atoms with Gasteiger partial charge in [0.05, 0.1) is 41.3 Å². The number of hydrogen-bond donors (Lipinski definition) is 2. The molecule has 0 saturated carbocycles. The number of likely N-dealkylation sites (N-methyl/N-ethyl adjacent to an activating group) is 1. The van der Waals surface area contributed by atoms with E-state index in [1.165, 1.54) is 39.0 Å². The Morgan fingerprint density at radius 2 is 1.01 bits per heavy atom. The fourth-order valence-electron chi connectivity index (χ4n) is 12.4. The number of nitro groups is 1. The number of benzene rings is 6. The van der Waals surface area contributed by atoms with Crippen molar-refractivity contribution in [3.05, 3.63) is 178 Å². The quantitative estimate of drug-likeness (QED) is 0.0254. The first-order valence-electron chi connectivity index (χ1n) is 28.7. The van der Waals surface area contributed by atoms with Gasteiger partial charge in [-0.1, -0.05) is 97.1 Å². The van der Waals surface area contributed by atoms with Gasteiger partial charge in [0.2, 0.25) is 17.7 Å². The predicted molar refractivity (Wildman–Crippen MR) is 312 cm³/mol. The molecule has 5 amide bonds. The monoisotopic (exact) mass is 1140 g/mol. The van der Waals surface area contributed by atoms with Gasteiger partial charge in [-0.2, -0.15) is 10.2 Å². The van der Waals surface area contributed by atoms with Crippen LogP contribution in [0.3, 0.4) is 0 Å². The van der Waals surface area contributed by atoms with Crippen molar-refractivity contribution in [2.45, 2.75) is 81.5 Å². The zero-order valence-corrected chi connectivity index (χ0v) is 46.5. The van der Waals surface area contributed by atoms with E-state index in [2.05, 4.69) is 45.1 Å². The van der Waals surface area contributed by atoms with E-state index in [1.807, 2.05) is 96.8 Å². The van der Waals surface area contributed by atoms with Crippen LogP contribution in [-0.4, -0.2) is 139 Å². The van der Waals surface area contributed by atoms with Crippen molar-refractivity contribution in [3.63, 3.8) is 0 Å². The van der Waals surface area contributed by atoms with E-state index in [0.29, 0.717) is 63.2 Å². The lowest BCUT2D eigenvalue weighted by Crippen LogP contribution is -2.57. The maximum atomic E-state index is 14.4.